The molecule has 5 nitrogen and oxygen atoms in total. The number of H-pyrrole nitrogens is 2. The predicted octanol–water partition coefficient (Wildman–Crippen LogP) is 3.10. The SMILES string of the molecule is CCCc1cc(NC(=O)c2cc3ccccc3[nH]2)n[nH]1. The lowest BCUT2D eigenvalue weighted by Crippen LogP contribution is -2.12. The van der Waals surface area contributed by atoms with E-state index in [9.17, 15) is 4.79 Å². The molecule has 0 aliphatic heterocycles. The summed E-state index contributed by atoms with van der Waals surface area (Å²) < 4.78 is 0. The lowest BCUT2D eigenvalue weighted by Gasteiger charge is -1.98. The number of rotatable bonds is 4. The number of nitrogens with one attached hydrogen (secondary N) is 3. The second kappa shape index (κ2) is 5.21. The Bertz CT molecular complexity index is 708. The normalized spacial score (nSPS) is 10.8. The number of aryl methyl sites for hydroxylation is 1. The number of para-hydroxylation sites is 1. The number of carbonyl (C=O) groups excluding carboxylic acids is 1. The fraction of sp³-hybridized carbons (Fsp3) is 0.200. The zero-order valence-corrected chi connectivity index (χ0v) is 11.2. The summed E-state index contributed by atoms with van der Waals surface area (Å²) in [5.41, 5.74) is 2.51. The molecule has 1 amide bonds. The largest absolute Gasteiger partial charge is 0.351 e. The van der Waals surface area contributed by atoms with Crippen LogP contribution in [0.1, 0.15) is 29.5 Å². The minimum absolute atomic E-state index is 0.184. The van der Waals surface area contributed by atoms with E-state index < -0.39 is 0 Å². The van der Waals surface area contributed by atoms with Gasteiger partial charge in [0.1, 0.15) is 5.69 Å². The van der Waals surface area contributed by atoms with E-state index >= 15 is 0 Å². The van der Waals surface area contributed by atoms with Gasteiger partial charge < -0.3 is 10.3 Å². The number of aromatic nitrogens is 3. The Balaban J connectivity index is 1.77. The van der Waals surface area contributed by atoms with Crippen LogP contribution >= 0.6 is 0 Å². The fourth-order valence-electron chi connectivity index (χ4n) is 2.20. The maximum Gasteiger partial charge on any atom is 0.273 e. The number of amides is 1. The van der Waals surface area contributed by atoms with Gasteiger partial charge in [-0.2, -0.15) is 5.10 Å². The molecule has 5 heteroatoms. The van der Waals surface area contributed by atoms with E-state index in [-0.39, 0.29) is 5.91 Å². The molecule has 20 heavy (non-hydrogen) atoms. The summed E-state index contributed by atoms with van der Waals surface area (Å²) in [5, 5.41) is 10.8. The number of benzene rings is 1. The highest BCUT2D eigenvalue weighted by Gasteiger charge is 2.11. The number of nitrogens with zero attached hydrogens (tertiary/aromatic N) is 1. The maximum atomic E-state index is 12.2. The molecule has 0 radical (unpaired) electrons. The van der Waals surface area contributed by atoms with Crippen molar-refractivity contribution in [3.8, 4) is 0 Å². The molecule has 0 bridgehead atoms. The van der Waals surface area contributed by atoms with Crippen LogP contribution < -0.4 is 5.32 Å². The highest BCUT2D eigenvalue weighted by Crippen LogP contribution is 2.16. The number of anilines is 1. The molecule has 0 atom stereocenters. The fourth-order valence-corrected chi connectivity index (χ4v) is 2.20. The molecule has 0 spiro atoms. The van der Waals surface area contributed by atoms with Gasteiger partial charge in [0.2, 0.25) is 0 Å². The quantitative estimate of drug-likeness (QED) is 0.680. The first-order valence-electron chi connectivity index (χ1n) is 6.69. The van der Waals surface area contributed by atoms with Gasteiger partial charge in [0.15, 0.2) is 5.82 Å². The van der Waals surface area contributed by atoms with Gasteiger partial charge in [-0.05, 0) is 18.6 Å². The Labute approximate surface area is 116 Å². The monoisotopic (exact) mass is 268 g/mol. The minimum atomic E-state index is -0.184. The van der Waals surface area contributed by atoms with Crippen molar-refractivity contribution in [1.29, 1.82) is 0 Å². The summed E-state index contributed by atoms with van der Waals surface area (Å²) >= 11 is 0. The Morgan fingerprint density at radius 3 is 2.95 bits per heavy atom. The molecule has 0 saturated carbocycles. The van der Waals surface area contributed by atoms with Crippen LogP contribution in [0.3, 0.4) is 0 Å². The van der Waals surface area contributed by atoms with E-state index in [0.717, 1.165) is 29.4 Å². The smallest absolute Gasteiger partial charge is 0.273 e. The molecule has 0 aliphatic rings. The molecule has 0 saturated heterocycles. The summed E-state index contributed by atoms with van der Waals surface area (Å²) in [6.07, 6.45) is 1.97. The summed E-state index contributed by atoms with van der Waals surface area (Å²) in [6.45, 7) is 2.10. The second-order valence-electron chi connectivity index (χ2n) is 4.75. The van der Waals surface area contributed by atoms with Crippen molar-refractivity contribution in [3.63, 3.8) is 0 Å². The van der Waals surface area contributed by atoms with Crippen molar-refractivity contribution in [1.82, 2.24) is 15.2 Å². The third-order valence-electron chi connectivity index (χ3n) is 3.17. The van der Waals surface area contributed by atoms with Gasteiger partial charge in [-0.15, -0.1) is 0 Å². The van der Waals surface area contributed by atoms with Crippen molar-refractivity contribution >= 4 is 22.6 Å². The second-order valence-corrected chi connectivity index (χ2v) is 4.75. The van der Waals surface area contributed by atoms with E-state index in [2.05, 4.69) is 27.4 Å². The predicted molar refractivity (Wildman–Crippen MR) is 78.8 cm³/mol. The number of fused-ring (bicyclic) bond motifs is 1. The molecule has 0 unspecified atom stereocenters. The zero-order valence-electron chi connectivity index (χ0n) is 11.2. The van der Waals surface area contributed by atoms with Crippen molar-refractivity contribution in [2.24, 2.45) is 0 Å². The standard InChI is InChI=1S/C15H16N4O/c1-2-5-11-9-14(19-18-11)17-15(20)13-8-10-6-3-4-7-12(10)16-13/h3-4,6-9,16H,2,5H2,1H3,(H2,17,18,19,20). The summed E-state index contributed by atoms with van der Waals surface area (Å²) in [7, 11) is 0. The average Bonchev–Trinajstić information content (AvgIpc) is 3.05. The number of aromatic amines is 2. The number of hydrogen-bond donors (Lipinski definition) is 3. The van der Waals surface area contributed by atoms with Crippen LogP contribution in [-0.2, 0) is 6.42 Å². The summed E-state index contributed by atoms with van der Waals surface area (Å²) in [6, 6.07) is 11.5. The van der Waals surface area contributed by atoms with Gasteiger partial charge in [0.05, 0.1) is 0 Å². The maximum absolute atomic E-state index is 12.2. The van der Waals surface area contributed by atoms with E-state index in [0.29, 0.717) is 11.5 Å². The van der Waals surface area contributed by atoms with Crippen LogP contribution in [0.2, 0.25) is 0 Å². The molecule has 0 aliphatic carbocycles. The Morgan fingerprint density at radius 1 is 1.30 bits per heavy atom. The van der Waals surface area contributed by atoms with E-state index in [1.807, 2.05) is 36.4 Å². The van der Waals surface area contributed by atoms with Crippen molar-refractivity contribution in [3.05, 3.63) is 47.8 Å². The van der Waals surface area contributed by atoms with Crippen molar-refractivity contribution in [2.75, 3.05) is 5.32 Å². The van der Waals surface area contributed by atoms with E-state index in [1.165, 1.54) is 0 Å². The molecule has 2 aromatic heterocycles. The summed E-state index contributed by atoms with van der Waals surface area (Å²) in [5.74, 6) is 0.368. The van der Waals surface area contributed by atoms with Crippen LogP contribution in [0.5, 0.6) is 0 Å². The van der Waals surface area contributed by atoms with Gasteiger partial charge >= 0.3 is 0 Å². The molecule has 3 aromatic rings. The molecule has 2 heterocycles. The van der Waals surface area contributed by atoms with Gasteiger partial charge in [0, 0.05) is 22.7 Å². The highest BCUT2D eigenvalue weighted by molar-refractivity contribution is 6.05. The first-order valence-corrected chi connectivity index (χ1v) is 6.69. The Kier molecular flexibility index (Phi) is 3.25. The molecule has 3 N–H and O–H groups in total. The lowest BCUT2D eigenvalue weighted by atomic mass is 10.2. The number of carbonyl (C=O) groups is 1. The summed E-state index contributed by atoms with van der Waals surface area (Å²) in [4.78, 5) is 15.3. The first-order chi connectivity index (χ1) is 9.76. The van der Waals surface area contributed by atoms with E-state index in [1.54, 1.807) is 0 Å². The van der Waals surface area contributed by atoms with Crippen molar-refractivity contribution in [2.45, 2.75) is 19.8 Å². The Morgan fingerprint density at radius 2 is 2.15 bits per heavy atom. The number of hydrogen-bond acceptors (Lipinski definition) is 2. The zero-order chi connectivity index (χ0) is 13.9. The van der Waals surface area contributed by atoms with E-state index in [4.69, 9.17) is 0 Å². The highest BCUT2D eigenvalue weighted by atomic mass is 16.1. The van der Waals surface area contributed by atoms with Crippen molar-refractivity contribution < 1.29 is 4.79 Å². The molecular formula is C15H16N4O. The van der Waals surface area contributed by atoms with Gasteiger partial charge in [-0.25, -0.2) is 0 Å². The van der Waals surface area contributed by atoms with Gasteiger partial charge in [0.25, 0.3) is 5.91 Å². The molecular weight excluding hydrogens is 252 g/mol. The molecule has 0 fully saturated rings. The lowest BCUT2D eigenvalue weighted by molar-refractivity contribution is 0.102. The van der Waals surface area contributed by atoms with Gasteiger partial charge in [-0.3, -0.25) is 9.89 Å². The third kappa shape index (κ3) is 2.42. The first kappa shape index (κ1) is 12.5. The van der Waals surface area contributed by atoms with Gasteiger partial charge in [-0.1, -0.05) is 31.5 Å². The molecule has 1 aromatic carbocycles. The van der Waals surface area contributed by atoms with Crippen LogP contribution in [0.4, 0.5) is 5.82 Å². The minimum Gasteiger partial charge on any atom is -0.351 e. The van der Waals surface area contributed by atoms with Crippen LogP contribution in [0.15, 0.2) is 36.4 Å². The van der Waals surface area contributed by atoms with Crippen LogP contribution in [0, 0.1) is 0 Å². The topological polar surface area (TPSA) is 73.6 Å². The molecule has 3 rings (SSSR count). The average molecular weight is 268 g/mol. The molecule has 102 valence electrons. The van der Waals surface area contributed by atoms with Crippen LogP contribution in [0.25, 0.3) is 10.9 Å². The Hall–Kier alpha value is -2.56. The van der Waals surface area contributed by atoms with Crippen LogP contribution in [-0.4, -0.2) is 21.1 Å². The third-order valence-corrected chi connectivity index (χ3v) is 3.17.